The Balaban J connectivity index is 1.78. The third kappa shape index (κ3) is 3.71. The average Bonchev–Trinajstić information content (AvgIpc) is 3.04. The van der Waals surface area contributed by atoms with Crippen LogP contribution in [0.4, 0.5) is 8.78 Å². The first kappa shape index (κ1) is 19.8. The van der Waals surface area contributed by atoms with Gasteiger partial charge in [0.25, 0.3) is 0 Å². The van der Waals surface area contributed by atoms with Crippen LogP contribution in [0, 0.1) is 13.8 Å². The van der Waals surface area contributed by atoms with Crippen molar-refractivity contribution in [2.45, 2.75) is 50.7 Å². The highest BCUT2D eigenvalue weighted by Gasteiger charge is 2.34. The molecule has 0 spiro atoms. The number of rotatable bonds is 5. The standard InChI is InChI=1S/C16H21F2N5O3S/c1-10-14(8-20-23(10)16(17)18)27(25,26)22-5-3-12(4-6-22)15-13(9-24)7-19-11(2)21-15/h7-8,12,16,24H,3-6,9H2,1-2H3. The van der Waals surface area contributed by atoms with Crippen molar-refractivity contribution in [3.63, 3.8) is 0 Å². The number of aromatic nitrogens is 4. The molecular formula is C16H21F2N5O3S. The van der Waals surface area contributed by atoms with Gasteiger partial charge >= 0.3 is 6.55 Å². The average molecular weight is 401 g/mol. The molecule has 1 fully saturated rings. The minimum absolute atomic E-state index is 0.00480. The quantitative estimate of drug-likeness (QED) is 0.819. The molecule has 27 heavy (non-hydrogen) atoms. The molecule has 2 aromatic rings. The smallest absolute Gasteiger partial charge is 0.333 e. The summed E-state index contributed by atoms with van der Waals surface area (Å²) in [6.07, 6.45) is 3.60. The van der Waals surface area contributed by atoms with Crippen LogP contribution in [-0.4, -0.2) is 50.7 Å². The Hall–Kier alpha value is -1.98. The van der Waals surface area contributed by atoms with Crippen LogP contribution in [0.5, 0.6) is 0 Å². The minimum Gasteiger partial charge on any atom is -0.392 e. The Morgan fingerprint density at radius 1 is 1.26 bits per heavy atom. The van der Waals surface area contributed by atoms with Gasteiger partial charge in [-0.1, -0.05) is 0 Å². The topological polar surface area (TPSA) is 101 Å². The minimum atomic E-state index is -3.90. The zero-order valence-corrected chi connectivity index (χ0v) is 15.8. The second-order valence-electron chi connectivity index (χ2n) is 6.48. The number of halogens is 2. The number of aryl methyl sites for hydroxylation is 1. The molecule has 0 radical (unpaired) electrons. The maximum absolute atomic E-state index is 12.9. The summed E-state index contributed by atoms with van der Waals surface area (Å²) in [6, 6.07) is 0. The van der Waals surface area contributed by atoms with E-state index in [-0.39, 0.29) is 36.2 Å². The molecule has 0 amide bonds. The molecule has 2 aromatic heterocycles. The van der Waals surface area contributed by atoms with E-state index >= 15 is 0 Å². The lowest BCUT2D eigenvalue weighted by Gasteiger charge is -2.31. The Morgan fingerprint density at radius 3 is 2.48 bits per heavy atom. The molecule has 1 N–H and O–H groups in total. The van der Waals surface area contributed by atoms with Crippen molar-refractivity contribution >= 4 is 10.0 Å². The summed E-state index contributed by atoms with van der Waals surface area (Å²) >= 11 is 0. The Bertz CT molecular complexity index is 924. The van der Waals surface area contributed by atoms with Crippen molar-refractivity contribution in [1.82, 2.24) is 24.1 Å². The predicted molar refractivity (Wildman–Crippen MR) is 91.6 cm³/mol. The van der Waals surface area contributed by atoms with Crippen LogP contribution in [0.3, 0.4) is 0 Å². The van der Waals surface area contributed by atoms with Gasteiger partial charge in [-0.05, 0) is 26.7 Å². The van der Waals surface area contributed by atoms with Gasteiger partial charge in [0.05, 0.1) is 24.2 Å². The van der Waals surface area contributed by atoms with Crippen molar-refractivity contribution in [3.05, 3.63) is 35.2 Å². The molecule has 1 aliphatic heterocycles. The summed E-state index contributed by atoms with van der Waals surface area (Å²) in [5, 5.41) is 13.0. The van der Waals surface area contributed by atoms with Crippen molar-refractivity contribution in [1.29, 1.82) is 0 Å². The maximum atomic E-state index is 12.9. The zero-order valence-electron chi connectivity index (χ0n) is 15.0. The Labute approximate surface area is 155 Å². The fourth-order valence-electron chi connectivity index (χ4n) is 3.35. The molecule has 8 nitrogen and oxygen atoms in total. The van der Waals surface area contributed by atoms with E-state index in [4.69, 9.17) is 0 Å². The van der Waals surface area contributed by atoms with Gasteiger partial charge in [-0.15, -0.1) is 0 Å². The summed E-state index contributed by atoms with van der Waals surface area (Å²) < 4.78 is 53.1. The van der Waals surface area contributed by atoms with Crippen LogP contribution in [0.25, 0.3) is 0 Å². The van der Waals surface area contributed by atoms with Gasteiger partial charge in [-0.3, -0.25) is 0 Å². The van der Waals surface area contributed by atoms with Crippen LogP contribution in [0.2, 0.25) is 0 Å². The molecule has 0 aromatic carbocycles. The zero-order chi connectivity index (χ0) is 19.8. The molecule has 0 unspecified atom stereocenters. The van der Waals surface area contributed by atoms with E-state index in [1.807, 2.05) is 0 Å². The van der Waals surface area contributed by atoms with E-state index in [1.54, 1.807) is 13.1 Å². The molecular weight excluding hydrogens is 380 g/mol. The number of aliphatic hydroxyl groups excluding tert-OH is 1. The fraction of sp³-hybridized carbons (Fsp3) is 0.562. The first-order valence-corrected chi connectivity index (χ1v) is 9.95. The third-order valence-corrected chi connectivity index (χ3v) is 6.83. The molecule has 1 saturated heterocycles. The van der Waals surface area contributed by atoms with Gasteiger partial charge in [0, 0.05) is 30.8 Å². The number of piperidine rings is 1. The molecule has 1 aliphatic rings. The lowest BCUT2D eigenvalue weighted by atomic mass is 9.92. The second-order valence-corrected chi connectivity index (χ2v) is 8.39. The maximum Gasteiger partial charge on any atom is 0.333 e. The SMILES string of the molecule is Cc1ncc(CO)c(C2CCN(S(=O)(=O)c3cnn(C(F)F)c3C)CC2)n1. The number of hydrogen-bond acceptors (Lipinski definition) is 6. The summed E-state index contributed by atoms with van der Waals surface area (Å²) in [5.74, 6) is 0.595. The number of hydrogen-bond donors (Lipinski definition) is 1. The summed E-state index contributed by atoms with van der Waals surface area (Å²) in [5.41, 5.74) is 1.29. The highest BCUT2D eigenvalue weighted by molar-refractivity contribution is 7.89. The highest BCUT2D eigenvalue weighted by atomic mass is 32.2. The van der Waals surface area contributed by atoms with Crippen LogP contribution in [0.1, 0.15) is 48.1 Å². The van der Waals surface area contributed by atoms with Gasteiger partial charge in [0.1, 0.15) is 10.7 Å². The molecule has 3 rings (SSSR count). The lowest BCUT2D eigenvalue weighted by molar-refractivity contribution is 0.0541. The summed E-state index contributed by atoms with van der Waals surface area (Å²) in [4.78, 5) is 8.29. The van der Waals surface area contributed by atoms with Gasteiger partial charge in [-0.25, -0.2) is 23.1 Å². The van der Waals surface area contributed by atoms with Crippen LogP contribution in [0.15, 0.2) is 17.3 Å². The van der Waals surface area contributed by atoms with E-state index in [0.717, 1.165) is 11.9 Å². The monoisotopic (exact) mass is 401 g/mol. The molecule has 148 valence electrons. The third-order valence-electron chi connectivity index (χ3n) is 4.83. The first-order chi connectivity index (χ1) is 12.8. The summed E-state index contributed by atoms with van der Waals surface area (Å²) in [7, 11) is -3.90. The number of aliphatic hydroxyl groups is 1. The fourth-order valence-corrected chi connectivity index (χ4v) is 4.97. The van der Waals surface area contributed by atoms with Crippen molar-refractivity contribution in [2.75, 3.05) is 13.1 Å². The molecule has 0 atom stereocenters. The number of sulfonamides is 1. The van der Waals surface area contributed by atoms with Crippen molar-refractivity contribution in [3.8, 4) is 0 Å². The van der Waals surface area contributed by atoms with E-state index in [0.29, 0.717) is 28.9 Å². The molecule has 0 saturated carbocycles. The molecule has 3 heterocycles. The number of alkyl halides is 2. The lowest BCUT2D eigenvalue weighted by Crippen LogP contribution is -2.38. The normalized spacial score (nSPS) is 17.0. The van der Waals surface area contributed by atoms with Gasteiger partial charge in [0.15, 0.2) is 0 Å². The molecule has 0 bridgehead atoms. The van der Waals surface area contributed by atoms with Crippen molar-refractivity contribution < 1.29 is 22.3 Å². The van der Waals surface area contributed by atoms with E-state index in [9.17, 15) is 22.3 Å². The largest absolute Gasteiger partial charge is 0.392 e. The first-order valence-electron chi connectivity index (χ1n) is 8.51. The van der Waals surface area contributed by atoms with Crippen LogP contribution < -0.4 is 0 Å². The van der Waals surface area contributed by atoms with Gasteiger partial charge in [0.2, 0.25) is 10.0 Å². The Kier molecular flexibility index (Phi) is 5.54. The van der Waals surface area contributed by atoms with E-state index < -0.39 is 16.6 Å². The summed E-state index contributed by atoms with van der Waals surface area (Å²) in [6.45, 7) is 0.474. The predicted octanol–water partition coefficient (Wildman–Crippen LogP) is 1.75. The number of nitrogens with zero attached hydrogens (tertiary/aromatic N) is 5. The van der Waals surface area contributed by atoms with E-state index in [1.165, 1.54) is 11.2 Å². The van der Waals surface area contributed by atoms with Gasteiger partial charge in [-0.2, -0.15) is 18.2 Å². The van der Waals surface area contributed by atoms with Crippen molar-refractivity contribution in [2.24, 2.45) is 0 Å². The van der Waals surface area contributed by atoms with Crippen LogP contribution in [-0.2, 0) is 16.6 Å². The van der Waals surface area contributed by atoms with E-state index in [2.05, 4.69) is 15.1 Å². The van der Waals surface area contributed by atoms with Crippen LogP contribution >= 0.6 is 0 Å². The van der Waals surface area contributed by atoms with Gasteiger partial charge < -0.3 is 5.11 Å². The Morgan fingerprint density at radius 2 is 1.93 bits per heavy atom. The highest BCUT2D eigenvalue weighted by Crippen LogP contribution is 2.32. The molecule has 0 aliphatic carbocycles. The molecule has 11 heteroatoms. The second kappa shape index (κ2) is 7.56.